The van der Waals surface area contributed by atoms with E-state index in [1.54, 1.807) is 12.4 Å². The quantitative estimate of drug-likeness (QED) is 0.715. The van der Waals surface area contributed by atoms with Crippen molar-refractivity contribution in [3.8, 4) is 0 Å². The van der Waals surface area contributed by atoms with Crippen LogP contribution in [0.15, 0.2) is 48.9 Å². The van der Waals surface area contributed by atoms with Crippen LogP contribution in [0, 0.1) is 0 Å². The van der Waals surface area contributed by atoms with E-state index in [9.17, 15) is 0 Å². The fraction of sp³-hybridized carbons (Fsp3) is 0. The number of aromatic nitrogens is 3. The van der Waals surface area contributed by atoms with E-state index < -0.39 is 0 Å². The molecule has 5 nitrogen and oxygen atoms in total. The van der Waals surface area contributed by atoms with Crippen LogP contribution in [-0.4, -0.2) is 15.0 Å². The Balaban J connectivity index is 2.05. The molecule has 0 atom stereocenters. The zero-order valence-corrected chi connectivity index (χ0v) is 9.54. The number of fused-ring (bicyclic) bond motifs is 1. The highest BCUT2D eigenvalue weighted by atomic mass is 15.0. The summed E-state index contributed by atoms with van der Waals surface area (Å²) in [5.74, 6) is 0.987. The summed E-state index contributed by atoms with van der Waals surface area (Å²) in [5, 5.41) is 4.24. The molecule has 3 aromatic rings. The largest absolute Gasteiger partial charge is 0.382 e. The molecule has 3 N–H and O–H groups in total. The number of nitrogen functional groups attached to an aromatic ring is 1. The van der Waals surface area contributed by atoms with Crippen molar-refractivity contribution < 1.29 is 0 Å². The Labute approximate surface area is 104 Å². The van der Waals surface area contributed by atoms with Crippen molar-refractivity contribution in [1.82, 2.24) is 15.0 Å². The predicted molar refractivity (Wildman–Crippen MR) is 71.5 cm³/mol. The normalized spacial score (nSPS) is 10.4. The number of benzene rings is 1. The van der Waals surface area contributed by atoms with Gasteiger partial charge in [-0.05, 0) is 12.1 Å². The van der Waals surface area contributed by atoms with E-state index in [4.69, 9.17) is 5.73 Å². The van der Waals surface area contributed by atoms with Crippen LogP contribution in [0.2, 0.25) is 0 Å². The first-order valence-electron chi connectivity index (χ1n) is 5.51. The zero-order valence-electron chi connectivity index (χ0n) is 9.54. The Kier molecular flexibility index (Phi) is 2.49. The summed E-state index contributed by atoms with van der Waals surface area (Å²) < 4.78 is 0. The third kappa shape index (κ3) is 1.93. The summed E-state index contributed by atoms with van der Waals surface area (Å²) in [5.41, 5.74) is 7.37. The molecule has 0 bridgehead atoms. The van der Waals surface area contributed by atoms with Gasteiger partial charge in [-0.2, -0.15) is 0 Å². The van der Waals surface area contributed by atoms with Crippen molar-refractivity contribution in [2.45, 2.75) is 0 Å². The van der Waals surface area contributed by atoms with Crippen LogP contribution < -0.4 is 11.1 Å². The molecule has 0 amide bonds. The first kappa shape index (κ1) is 10.5. The highest BCUT2D eigenvalue weighted by molar-refractivity contribution is 5.91. The second-order valence-electron chi connectivity index (χ2n) is 3.83. The molecule has 2 heterocycles. The maximum atomic E-state index is 5.60. The maximum absolute atomic E-state index is 5.60. The standard InChI is InChI=1S/C13H11N5/c14-11-7-15-8-12(18-11)17-10-5-1-3-9-4-2-6-16-13(9)10/h1-8H,(H3,14,17,18). The van der Waals surface area contributed by atoms with Crippen LogP contribution in [0.5, 0.6) is 0 Å². The number of hydrogen-bond donors (Lipinski definition) is 2. The number of pyridine rings is 1. The lowest BCUT2D eigenvalue weighted by atomic mass is 10.2. The zero-order chi connectivity index (χ0) is 12.4. The number of para-hydroxylation sites is 1. The minimum absolute atomic E-state index is 0.383. The summed E-state index contributed by atoms with van der Waals surface area (Å²) in [6.07, 6.45) is 4.89. The van der Waals surface area contributed by atoms with Crippen molar-refractivity contribution in [3.63, 3.8) is 0 Å². The predicted octanol–water partition coefficient (Wildman–Crippen LogP) is 2.35. The van der Waals surface area contributed by atoms with Crippen molar-refractivity contribution in [3.05, 3.63) is 48.9 Å². The molecular formula is C13H11N5. The van der Waals surface area contributed by atoms with Gasteiger partial charge in [-0.25, -0.2) is 4.98 Å². The van der Waals surface area contributed by atoms with Crippen LogP contribution in [0.25, 0.3) is 10.9 Å². The van der Waals surface area contributed by atoms with Crippen LogP contribution in [0.3, 0.4) is 0 Å². The Hall–Kier alpha value is -2.69. The van der Waals surface area contributed by atoms with E-state index in [2.05, 4.69) is 20.3 Å². The summed E-state index contributed by atoms with van der Waals surface area (Å²) in [6, 6.07) is 9.84. The number of hydrogen-bond acceptors (Lipinski definition) is 5. The van der Waals surface area contributed by atoms with Gasteiger partial charge in [-0.1, -0.05) is 18.2 Å². The van der Waals surface area contributed by atoms with Gasteiger partial charge in [0.05, 0.1) is 23.6 Å². The van der Waals surface area contributed by atoms with Crippen LogP contribution in [0.4, 0.5) is 17.3 Å². The fourth-order valence-corrected chi connectivity index (χ4v) is 1.78. The molecule has 0 spiro atoms. The molecule has 0 fully saturated rings. The van der Waals surface area contributed by atoms with Crippen LogP contribution in [0.1, 0.15) is 0 Å². The van der Waals surface area contributed by atoms with Gasteiger partial charge in [-0.3, -0.25) is 9.97 Å². The summed E-state index contributed by atoms with van der Waals surface area (Å²) in [4.78, 5) is 12.5. The number of nitrogens with one attached hydrogen (secondary N) is 1. The molecule has 2 aromatic heterocycles. The van der Waals surface area contributed by atoms with E-state index in [1.807, 2.05) is 30.3 Å². The lowest BCUT2D eigenvalue weighted by molar-refractivity contribution is 1.21. The Morgan fingerprint density at radius 1 is 1.06 bits per heavy atom. The van der Waals surface area contributed by atoms with Gasteiger partial charge in [0.2, 0.25) is 0 Å². The molecule has 0 unspecified atom stereocenters. The van der Waals surface area contributed by atoms with Crippen molar-refractivity contribution >= 4 is 28.2 Å². The Morgan fingerprint density at radius 3 is 2.83 bits per heavy atom. The summed E-state index contributed by atoms with van der Waals surface area (Å²) >= 11 is 0. The van der Waals surface area contributed by atoms with Crippen molar-refractivity contribution in [1.29, 1.82) is 0 Å². The van der Waals surface area contributed by atoms with Gasteiger partial charge >= 0.3 is 0 Å². The molecule has 88 valence electrons. The molecular weight excluding hydrogens is 226 g/mol. The fourth-order valence-electron chi connectivity index (χ4n) is 1.78. The molecule has 0 saturated heterocycles. The second-order valence-corrected chi connectivity index (χ2v) is 3.83. The highest BCUT2D eigenvalue weighted by Gasteiger charge is 2.03. The first-order valence-corrected chi connectivity index (χ1v) is 5.51. The van der Waals surface area contributed by atoms with E-state index in [0.29, 0.717) is 11.6 Å². The minimum atomic E-state index is 0.383. The number of nitrogens with two attached hydrogens (primary N) is 1. The topological polar surface area (TPSA) is 76.7 Å². The molecule has 1 aromatic carbocycles. The Morgan fingerprint density at radius 2 is 1.94 bits per heavy atom. The molecule has 0 aliphatic carbocycles. The van der Waals surface area contributed by atoms with Crippen molar-refractivity contribution in [2.75, 3.05) is 11.1 Å². The minimum Gasteiger partial charge on any atom is -0.382 e. The second kappa shape index (κ2) is 4.29. The molecule has 5 heteroatoms. The number of nitrogens with zero attached hydrogens (tertiary/aromatic N) is 3. The third-order valence-electron chi connectivity index (χ3n) is 2.55. The maximum Gasteiger partial charge on any atom is 0.151 e. The van der Waals surface area contributed by atoms with E-state index in [1.165, 1.54) is 6.20 Å². The number of rotatable bonds is 2. The van der Waals surface area contributed by atoms with E-state index in [0.717, 1.165) is 16.6 Å². The average Bonchev–Trinajstić information content (AvgIpc) is 2.39. The molecule has 0 saturated carbocycles. The SMILES string of the molecule is Nc1cncc(Nc2cccc3cccnc23)n1. The van der Waals surface area contributed by atoms with Gasteiger partial charge in [0.15, 0.2) is 5.82 Å². The van der Waals surface area contributed by atoms with Crippen molar-refractivity contribution in [2.24, 2.45) is 0 Å². The van der Waals surface area contributed by atoms with Gasteiger partial charge in [-0.15, -0.1) is 0 Å². The van der Waals surface area contributed by atoms with Gasteiger partial charge < -0.3 is 11.1 Å². The molecule has 0 aliphatic heterocycles. The van der Waals surface area contributed by atoms with Crippen LogP contribution in [-0.2, 0) is 0 Å². The summed E-state index contributed by atoms with van der Waals surface area (Å²) in [7, 11) is 0. The van der Waals surface area contributed by atoms with Gasteiger partial charge in [0, 0.05) is 11.6 Å². The van der Waals surface area contributed by atoms with E-state index in [-0.39, 0.29) is 0 Å². The lowest BCUT2D eigenvalue weighted by Crippen LogP contribution is -1.99. The average molecular weight is 237 g/mol. The first-order chi connectivity index (χ1) is 8.83. The molecule has 3 rings (SSSR count). The molecule has 0 aliphatic rings. The summed E-state index contributed by atoms with van der Waals surface area (Å²) in [6.45, 7) is 0. The molecule has 18 heavy (non-hydrogen) atoms. The van der Waals surface area contributed by atoms with Crippen LogP contribution >= 0.6 is 0 Å². The highest BCUT2D eigenvalue weighted by Crippen LogP contribution is 2.23. The smallest absolute Gasteiger partial charge is 0.151 e. The van der Waals surface area contributed by atoms with Gasteiger partial charge in [0.25, 0.3) is 0 Å². The Bertz CT molecular complexity index is 690. The monoisotopic (exact) mass is 237 g/mol. The van der Waals surface area contributed by atoms with E-state index >= 15 is 0 Å². The number of anilines is 3. The third-order valence-corrected chi connectivity index (χ3v) is 2.55. The lowest BCUT2D eigenvalue weighted by Gasteiger charge is -2.08. The van der Waals surface area contributed by atoms with Gasteiger partial charge in [0.1, 0.15) is 5.82 Å². The molecule has 0 radical (unpaired) electrons.